The third-order valence-corrected chi connectivity index (χ3v) is 5.76. The first-order valence-electron chi connectivity index (χ1n) is 9.39. The van der Waals surface area contributed by atoms with Gasteiger partial charge in [-0.25, -0.2) is 9.97 Å². The molecule has 0 saturated carbocycles. The first-order valence-corrected chi connectivity index (χ1v) is 10.2. The van der Waals surface area contributed by atoms with E-state index >= 15 is 0 Å². The molecule has 0 aliphatic carbocycles. The van der Waals surface area contributed by atoms with Crippen molar-refractivity contribution < 1.29 is 0 Å². The maximum atomic E-state index is 4.66. The van der Waals surface area contributed by atoms with E-state index in [1.165, 1.54) is 11.3 Å². The first-order chi connectivity index (χ1) is 13.1. The van der Waals surface area contributed by atoms with Gasteiger partial charge in [0.05, 0.1) is 5.52 Å². The normalized spacial score (nSPS) is 15.3. The molecule has 1 N–H and O–H groups in total. The van der Waals surface area contributed by atoms with Gasteiger partial charge in [0.15, 0.2) is 0 Å². The van der Waals surface area contributed by atoms with Gasteiger partial charge in [0.1, 0.15) is 0 Å². The molecule has 0 atom stereocenters. The lowest BCUT2D eigenvalue weighted by Gasteiger charge is -2.35. The molecule has 1 aliphatic rings. The molecule has 3 aromatic rings. The van der Waals surface area contributed by atoms with Gasteiger partial charge in [-0.05, 0) is 59.2 Å². The molecule has 5 nitrogen and oxygen atoms in total. The van der Waals surface area contributed by atoms with Crippen LogP contribution in [0.5, 0.6) is 0 Å². The second kappa shape index (κ2) is 7.82. The Morgan fingerprint density at radius 3 is 2.70 bits per heavy atom. The summed E-state index contributed by atoms with van der Waals surface area (Å²) in [4.78, 5) is 14.0. The molecule has 0 radical (unpaired) electrons. The monoisotopic (exact) mass is 425 g/mol. The molecule has 140 valence electrons. The van der Waals surface area contributed by atoms with Crippen LogP contribution in [0.3, 0.4) is 0 Å². The van der Waals surface area contributed by atoms with Crippen molar-refractivity contribution in [2.45, 2.75) is 13.3 Å². The Morgan fingerprint density at radius 1 is 1.11 bits per heavy atom. The molecule has 27 heavy (non-hydrogen) atoms. The van der Waals surface area contributed by atoms with Gasteiger partial charge in [0, 0.05) is 53.6 Å². The molecule has 1 fully saturated rings. The highest BCUT2D eigenvalue weighted by Crippen LogP contribution is 2.28. The quantitative estimate of drug-likeness (QED) is 0.668. The van der Waals surface area contributed by atoms with Gasteiger partial charge in [-0.15, -0.1) is 0 Å². The van der Waals surface area contributed by atoms with Crippen molar-refractivity contribution in [3.05, 3.63) is 52.6 Å². The van der Waals surface area contributed by atoms with E-state index in [0.29, 0.717) is 5.95 Å². The Morgan fingerprint density at radius 2 is 1.93 bits per heavy atom. The number of fused-ring (bicyclic) bond motifs is 1. The van der Waals surface area contributed by atoms with Crippen molar-refractivity contribution >= 4 is 44.2 Å². The van der Waals surface area contributed by atoms with E-state index in [2.05, 4.69) is 73.2 Å². The second-order valence-electron chi connectivity index (χ2n) is 6.98. The number of hydrogen-bond acceptors (Lipinski definition) is 5. The minimum Gasteiger partial charge on any atom is -0.369 e. The largest absolute Gasteiger partial charge is 0.369 e. The second-order valence-corrected chi connectivity index (χ2v) is 7.84. The molecule has 1 saturated heterocycles. The van der Waals surface area contributed by atoms with E-state index in [0.717, 1.165) is 53.7 Å². The molecule has 6 heteroatoms. The van der Waals surface area contributed by atoms with Gasteiger partial charge >= 0.3 is 0 Å². The van der Waals surface area contributed by atoms with Crippen molar-refractivity contribution in [2.75, 3.05) is 43.4 Å². The Hall–Kier alpha value is -2.18. The molecule has 0 amide bonds. The van der Waals surface area contributed by atoms with Crippen LogP contribution in [-0.4, -0.2) is 48.1 Å². The third-order valence-electron chi connectivity index (χ3n) is 5.12. The molecular weight excluding hydrogens is 402 g/mol. The standard InChI is InChI=1S/C21H24BrN5/c1-3-15-13-17(7-8-19(15)27-11-9-26(2)10-12-27)24-21-23-14-16-5-4-6-18(22)20(16)25-21/h4-8,13-14H,3,9-12H2,1-2H3,(H,23,24,25). The minimum absolute atomic E-state index is 0.615. The number of aromatic nitrogens is 2. The predicted molar refractivity (Wildman–Crippen MR) is 116 cm³/mol. The fourth-order valence-electron chi connectivity index (χ4n) is 3.51. The van der Waals surface area contributed by atoms with E-state index in [-0.39, 0.29) is 0 Å². The SMILES string of the molecule is CCc1cc(Nc2ncc3cccc(Br)c3n2)ccc1N1CCN(C)CC1. The van der Waals surface area contributed by atoms with Crippen LogP contribution in [0, 0.1) is 0 Å². The molecule has 1 aromatic heterocycles. The zero-order valence-electron chi connectivity index (χ0n) is 15.7. The number of piperazine rings is 1. The number of aryl methyl sites for hydroxylation is 1. The van der Waals surface area contributed by atoms with Crippen LogP contribution in [0.1, 0.15) is 12.5 Å². The van der Waals surface area contributed by atoms with Crippen molar-refractivity contribution in [1.82, 2.24) is 14.9 Å². The van der Waals surface area contributed by atoms with E-state index in [1.807, 2.05) is 24.4 Å². The van der Waals surface area contributed by atoms with Crippen LogP contribution in [0.4, 0.5) is 17.3 Å². The van der Waals surface area contributed by atoms with Crippen molar-refractivity contribution in [3.63, 3.8) is 0 Å². The van der Waals surface area contributed by atoms with Crippen molar-refractivity contribution in [1.29, 1.82) is 0 Å². The lowest BCUT2D eigenvalue weighted by atomic mass is 10.1. The van der Waals surface area contributed by atoms with Crippen LogP contribution >= 0.6 is 15.9 Å². The lowest BCUT2D eigenvalue weighted by Crippen LogP contribution is -2.44. The molecule has 1 aliphatic heterocycles. The Kier molecular flexibility index (Phi) is 5.27. The molecule has 4 rings (SSSR count). The van der Waals surface area contributed by atoms with Crippen LogP contribution in [0.2, 0.25) is 0 Å². The zero-order valence-corrected chi connectivity index (χ0v) is 17.3. The lowest BCUT2D eigenvalue weighted by molar-refractivity contribution is 0.312. The van der Waals surface area contributed by atoms with Gasteiger partial charge in [-0.2, -0.15) is 0 Å². The number of anilines is 3. The minimum atomic E-state index is 0.615. The highest BCUT2D eigenvalue weighted by atomic mass is 79.9. The van der Waals surface area contributed by atoms with E-state index in [1.54, 1.807) is 0 Å². The number of hydrogen-bond donors (Lipinski definition) is 1. The zero-order chi connectivity index (χ0) is 18.8. The summed E-state index contributed by atoms with van der Waals surface area (Å²) in [6.07, 6.45) is 2.86. The molecule has 2 heterocycles. The van der Waals surface area contributed by atoms with Gasteiger partial charge < -0.3 is 15.1 Å². The number of halogens is 1. The number of nitrogens with one attached hydrogen (secondary N) is 1. The molecule has 0 spiro atoms. The van der Waals surface area contributed by atoms with Gasteiger partial charge in [-0.1, -0.05) is 19.1 Å². The topological polar surface area (TPSA) is 44.3 Å². The van der Waals surface area contributed by atoms with E-state index in [4.69, 9.17) is 0 Å². The number of para-hydroxylation sites is 1. The average molecular weight is 426 g/mol. The molecule has 0 bridgehead atoms. The van der Waals surface area contributed by atoms with Crippen molar-refractivity contribution in [3.8, 4) is 0 Å². The predicted octanol–water partition coefficient (Wildman–Crippen LogP) is 4.45. The summed E-state index contributed by atoms with van der Waals surface area (Å²) in [5, 5.41) is 4.39. The van der Waals surface area contributed by atoms with Crippen LogP contribution in [0.25, 0.3) is 10.9 Å². The highest BCUT2D eigenvalue weighted by molar-refractivity contribution is 9.10. The number of likely N-dealkylation sites (N-methyl/N-ethyl adjacent to an activating group) is 1. The van der Waals surface area contributed by atoms with Crippen molar-refractivity contribution in [2.24, 2.45) is 0 Å². The molecule has 2 aromatic carbocycles. The summed E-state index contributed by atoms with van der Waals surface area (Å²) in [5.74, 6) is 0.615. The number of nitrogens with zero attached hydrogens (tertiary/aromatic N) is 4. The summed E-state index contributed by atoms with van der Waals surface area (Å²) < 4.78 is 0.977. The molecule has 0 unspecified atom stereocenters. The summed E-state index contributed by atoms with van der Waals surface area (Å²) in [6, 6.07) is 12.6. The fraction of sp³-hybridized carbons (Fsp3) is 0.333. The fourth-order valence-corrected chi connectivity index (χ4v) is 3.98. The Balaban J connectivity index is 1.58. The highest BCUT2D eigenvalue weighted by Gasteiger charge is 2.17. The van der Waals surface area contributed by atoms with E-state index < -0.39 is 0 Å². The number of benzene rings is 2. The first kappa shape index (κ1) is 18.2. The Labute approximate surface area is 168 Å². The van der Waals surface area contributed by atoms with Gasteiger partial charge in [0.25, 0.3) is 0 Å². The molecular formula is C21H24BrN5. The van der Waals surface area contributed by atoms with E-state index in [9.17, 15) is 0 Å². The summed E-state index contributed by atoms with van der Waals surface area (Å²) in [7, 11) is 2.19. The Bertz CT molecular complexity index is 950. The van der Waals surface area contributed by atoms with Crippen LogP contribution in [-0.2, 0) is 6.42 Å². The summed E-state index contributed by atoms with van der Waals surface area (Å²) in [5.41, 5.74) is 4.64. The number of rotatable bonds is 4. The smallest absolute Gasteiger partial charge is 0.227 e. The third kappa shape index (κ3) is 3.92. The average Bonchev–Trinajstić information content (AvgIpc) is 2.69. The summed E-state index contributed by atoms with van der Waals surface area (Å²) >= 11 is 3.57. The van der Waals surface area contributed by atoms with Gasteiger partial charge in [-0.3, -0.25) is 0 Å². The van der Waals surface area contributed by atoms with Gasteiger partial charge in [0.2, 0.25) is 5.95 Å². The summed E-state index contributed by atoms with van der Waals surface area (Å²) in [6.45, 7) is 6.60. The van der Waals surface area contributed by atoms with Crippen LogP contribution in [0.15, 0.2) is 47.1 Å². The maximum Gasteiger partial charge on any atom is 0.227 e. The van der Waals surface area contributed by atoms with Crippen LogP contribution < -0.4 is 10.2 Å². The maximum absolute atomic E-state index is 4.66.